The van der Waals surface area contributed by atoms with E-state index in [-0.39, 0.29) is 23.6 Å². The summed E-state index contributed by atoms with van der Waals surface area (Å²) in [5, 5.41) is 12.1. The highest BCUT2D eigenvalue weighted by Gasteiger charge is 2.18. The molecule has 0 saturated carbocycles. The van der Waals surface area contributed by atoms with Gasteiger partial charge in [0.1, 0.15) is 12.0 Å². The van der Waals surface area contributed by atoms with Crippen molar-refractivity contribution >= 4 is 35.0 Å². The van der Waals surface area contributed by atoms with Crippen LogP contribution in [0.25, 0.3) is 11.4 Å². The molecule has 0 saturated heterocycles. The Morgan fingerprint density at radius 3 is 2.62 bits per heavy atom. The highest BCUT2D eigenvalue weighted by Crippen LogP contribution is 2.22. The third kappa shape index (κ3) is 4.49. The topological polar surface area (TPSA) is 86.7 Å². The van der Waals surface area contributed by atoms with Gasteiger partial charge in [-0.05, 0) is 37.3 Å². The second-order valence-electron chi connectivity index (χ2n) is 7.05. The molecule has 32 heavy (non-hydrogen) atoms. The van der Waals surface area contributed by atoms with Gasteiger partial charge in [0.2, 0.25) is 5.91 Å². The van der Waals surface area contributed by atoms with Crippen LogP contribution in [-0.4, -0.2) is 35.8 Å². The zero-order chi connectivity index (χ0) is 22.7. The number of thioether (sulfide) groups is 1. The third-order valence-electron chi connectivity index (χ3n) is 4.98. The molecule has 2 heterocycles. The molecular formula is C22H21ClN6O2S. The molecule has 0 fully saturated rings. The first-order chi connectivity index (χ1) is 15.5. The molecule has 0 atom stereocenters. The lowest BCUT2D eigenvalue weighted by atomic mass is 10.3. The van der Waals surface area contributed by atoms with Crippen molar-refractivity contribution in [3.8, 4) is 11.4 Å². The number of hydrogen-bond acceptors (Lipinski definition) is 5. The SMILES string of the molecule is Cc1c(NC(=O)CCSc2nncn2-c2cccc(Cl)c2)c(=O)n(-c2ccccc2)n1C. The summed E-state index contributed by atoms with van der Waals surface area (Å²) in [4.78, 5) is 25.5. The van der Waals surface area contributed by atoms with E-state index in [1.165, 1.54) is 16.4 Å². The summed E-state index contributed by atoms with van der Waals surface area (Å²) in [6.07, 6.45) is 1.82. The van der Waals surface area contributed by atoms with Crippen LogP contribution in [0.3, 0.4) is 0 Å². The Morgan fingerprint density at radius 1 is 1.12 bits per heavy atom. The fourth-order valence-electron chi connectivity index (χ4n) is 3.28. The van der Waals surface area contributed by atoms with Gasteiger partial charge in [-0.2, -0.15) is 0 Å². The number of rotatable bonds is 7. The number of anilines is 1. The van der Waals surface area contributed by atoms with Crippen LogP contribution in [0.15, 0.2) is 70.9 Å². The summed E-state index contributed by atoms with van der Waals surface area (Å²) < 4.78 is 5.08. The maximum absolute atomic E-state index is 12.9. The second-order valence-corrected chi connectivity index (χ2v) is 8.55. The predicted molar refractivity (Wildman–Crippen MR) is 126 cm³/mol. The number of nitrogens with one attached hydrogen (secondary N) is 1. The standard InChI is InChI=1S/C22H21ClN6O2S/c1-15-20(21(31)29(27(15)2)17-8-4-3-5-9-17)25-19(30)11-12-32-22-26-24-14-28(22)18-10-6-7-16(23)13-18/h3-10,13-14H,11-12H2,1-2H3,(H,25,30). The van der Waals surface area contributed by atoms with Gasteiger partial charge in [-0.3, -0.25) is 18.8 Å². The third-order valence-corrected chi connectivity index (χ3v) is 6.16. The Balaban J connectivity index is 1.42. The lowest BCUT2D eigenvalue weighted by Crippen LogP contribution is -2.23. The van der Waals surface area contributed by atoms with E-state index in [2.05, 4.69) is 15.5 Å². The summed E-state index contributed by atoms with van der Waals surface area (Å²) in [5.41, 5.74) is 2.28. The molecule has 0 spiro atoms. The predicted octanol–water partition coefficient (Wildman–Crippen LogP) is 3.84. The first kappa shape index (κ1) is 21.9. The molecule has 0 bridgehead atoms. The van der Waals surface area contributed by atoms with Gasteiger partial charge in [-0.15, -0.1) is 10.2 Å². The van der Waals surface area contributed by atoms with Crippen molar-refractivity contribution in [2.75, 3.05) is 11.1 Å². The molecule has 164 valence electrons. The highest BCUT2D eigenvalue weighted by atomic mass is 35.5. The normalized spacial score (nSPS) is 11.0. The zero-order valence-electron chi connectivity index (χ0n) is 17.5. The highest BCUT2D eigenvalue weighted by molar-refractivity contribution is 7.99. The number of carbonyl (C=O) groups is 1. The minimum Gasteiger partial charge on any atom is -0.320 e. The molecule has 2 aromatic carbocycles. The number of halogens is 1. The Labute approximate surface area is 193 Å². The van der Waals surface area contributed by atoms with E-state index < -0.39 is 0 Å². The molecule has 0 radical (unpaired) electrons. The zero-order valence-corrected chi connectivity index (χ0v) is 19.1. The first-order valence-corrected chi connectivity index (χ1v) is 11.2. The summed E-state index contributed by atoms with van der Waals surface area (Å²) in [5.74, 6) is 0.237. The van der Waals surface area contributed by atoms with Gasteiger partial charge in [-0.1, -0.05) is 47.6 Å². The lowest BCUT2D eigenvalue weighted by molar-refractivity contribution is -0.115. The molecule has 4 aromatic rings. The van der Waals surface area contributed by atoms with Gasteiger partial charge in [0, 0.05) is 24.2 Å². The van der Waals surface area contributed by atoms with Crippen LogP contribution in [0, 0.1) is 6.92 Å². The van der Waals surface area contributed by atoms with Crippen LogP contribution < -0.4 is 10.9 Å². The van der Waals surface area contributed by atoms with Gasteiger partial charge in [-0.25, -0.2) is 4.68 Å². The number of amides is 1. The minimum absolute atomic E-state index is 0.214. The van der Waals surface area contributed by atoms with Crippen molar-refractivity contribution in [3.63, 3.8) is 0 Å². The maximum Gasteiger partial charge on any atom is 0.295 e. The molecule has 4 rings (SSSR count). The van der Waals surface area contributed by atoms with Gasteiger partial charge in [0.05, 0.1) is 17.1 Å². The number of para-hydroxylation sites is 1. The number of benzene rings is 2. The van der Waals surface area contributed by atoms with Crippen LogP contribution in [-0.2, 0) is 11.8 Å². The van der Waals surface area contributed by atoms with Crippen LogP contribution in [0.4, 0.5) is 5.69 Å². The molecule has 0 aliphatic carbocycles. The molecule has 0 aliphatic rings. The number of hydrogen-bond donors (Lipinski definition) is 1. The summed E-state index contributed by atoms with van der Waals surface area (Å²) in [6.45, 7) is 1.80. The lowest BCUT2D eigenvalue weighted by Gasteiger charge is -2.07. The molecule has 0 unspecified atom stereocenters. The van der Waals surface area contributed by atoms with Gasteiger partial charge >= 0.3 is 0 Å². The van der Waals surface area contributed by atoms with Gasteiger partial charge in [0.25, 0.3) is 5.56 Å². The number of carbonyl (C=O) groups excluding carboxylic acids is 1. The average molecular weight is 469 g/mol. The van der Waals surface area contributed by atoms with E-state index in [1.54, 1.807) is 31.0 Å². The Hall–Kier alpha value is -3.30. The average Bonchev–Trinajstić information content (AvgIpc) is 3.33. The molecule has 1 amide bonds. The molecule has 10 heteroatoms. The first-order valence-electron chi connectivity index (χ1n) is 9.88. The Kier molecular flexibility index (Phi) is 6.48. The van der Waals surface area contributed by atoms with E-state index >= 15 is 0 Å². The van der Waals surface area contributed by atoms with Crippen LogP contribution >= 0.6 is 23.4 Å². The molecule has 0 aliphatic heterocycles. The van der Waals surface area contributed by atoms with E-state index in [0.29, 0.717) is 21.6 Å². The second kappa shape index (κ2) is 9.46. The van der Waals surface area contributed by atoms with Crippen molar-refractivity contribution in [1.29, 1.82) is 0 Å². The van der Waals surface area contributed by atoms with E-state index in [0.717, 1.165) is 11.4 Å². The van der Waals surface area contributed by atoms with Crippen molar-refractivity contribution in [2.45, 2.75) is 18.5 Å². The summed E-state index contributed by atoms with van der Waals surface area (Å²) >= 11 is 7.48. The smallest absolute Gasteiger partial charge is 0.295 e. The molecule has 8 nitrogen and oxygen atoms in total. The Morgan fingerprint density at radius 2 is 1.88 bits per heavy atom. The van der Waals surface area contributed by atoms with E-state index in [4.69, 9.17) is 11.6 Å². The quantitative estimate of drug-likeness (QED) is 0.416. The molecular weight excluding hydrogens is 448 g/mol. The van der Waals surface area contributed by atoms with Crippen LogP contribution in [0.1, 0.15) is 12.1 Å². The number of nitrogens with zero attached hydrogens (tertiary/aromatic N) is 5. The minimum atomic E-state index is -0.266. The van der Waals surface area contributed by atoms with Crippen LogP contribution in [0.5, 0.6) is 0 Å². The largest absolute Gasteiger partial charge is 0.320 e. The van der Waals surface area contributed by atoms with Crippen LogP contribution in [0.2, 0.25) is 5.02 Å². The molecule has 1 N–H and O–H groups in total. The fraction of sp³-hybridized carbons (Fsp3) is 0.182. The fourth-order valence-corrected chi connectivity index (χ4v) is 4.33. The summed E-state index contributed by atoms with van der Waals surface area (Å²) in [6, 6.07) is 16.7. The Bertz CT molecular complexity index is 1310. The van der Waals surface area contributed by atoms with Crippen molar-refractivity contribution in [1.82, 2.24) is 24.1 Å². The van der Waals surface area contributed by atoms with E-state index in [1.807, 2.05) is 53.1 Å². The van der Waals surface area contributed by atoms with E-state index in [9.17, 15) is 9.59 Å². The number of aromatic nitrogens is 5. The monoisotopic (exact) mass is 468 g/mol. The van der Waals surface area contributed by atoms with Crippen molar-refractivity contribution in [3.05, 3.63) is 82.0 Å². The molecule has 2 aromatic heterocycles. The maximum atomic E-state index is 12.9. The van der Waals surface area contributed by atoms with Gasteiger partial charge < -0.3 is 5.32 Å². The van der Waals surface area contributed by atoms with Gasteiger partial charge in [0.15, 0.2) is 5.16 Å². The van der Waals surface area contributed by atoms with Crippen molar-refractivity contribution < 1.29 is 4.79 Å². The summed E-state index contributed by atoms with van der Waals surface area (Å²) in [7, 11) is 1.79. The van der Waals surface area contributed by atoms with Crippen molar-refractivity contribution in [2.24, 2.45) is 7.05 Å².